The fourth-order valence-corrected chi connectivity index (χ4v) is 5.68. The fourth-order valence-electron chi connectivity index (χ4n) is 3.54. The first kappa shape index (κ1) is 28.6. The molecule has 190 valence electrons. The Labute approximate surface area is 203 Å². The van der Waals surface area contributed by atoms with Gasteiger partial charge in [-0.3, -0.25) is 0 Å². The van der Waals surface area contributed by atoms with Crippen molar-refractivity contribution in [3.05, 3.63) is 35.9 Å². The molecular formula is C25H46O6Si2. The first-order valence-corrected chi connectivity index (χ1v) is 18.4. The second-order valence-corrected chi connectivity index (χ2v) is 20.9. The largest absolute Gasteiger partial charge is 0.414 e. The molecule has 1 aliphatic rings. The third kappa shape index (κ3) is 7.70. The molecule has 1 fully saturated rings. The van der Waals surface area contributed by atoms with Gasteiger partial charge in [0.05, 0.1) is 13.2 Å². The van der Waals surface area contributed by atoms with Crippen molar-refractivity contribution in [1.29, 1.82) is 0 Å². The van der Waals surface area contributed by atoms with Gasteiger partial charge < -0.3 is 28.2 Å². The maximum atomic E-state index is 11.8. The van der Waals surface area contributed by atoms with E-state index in [1.807, 2.05) is 37.3 Å². The van der Waals surface area contributed by atoms with Gasteiger partial charge in [0.15, 0.2) is 22.9 Å². The molecule has 0 spiro atoms. The van der Waals surface area contributed by atoms with Crippen LogP contribution in [0, 0.1) is 0 Å². The molecule has 0 amide bonds. The Balaban J connectivity index is 2.32. The highest BCUT2D eigenvalue weighted by Gasteiger charge is 2.56. The van der Waals surface area contributed by atoms with Crippen LogP contribution in [0.25, 0.3) is 0 Å². The summed E-state index contributed by atoms with van der Waals surface area (Å²) in [5.41, 5.74) is -0.264. The number of ether oxygens (including phenoxy) is 3. The van der Waals surface area contributed by atoms with Crippen LogP contribution in [0.5, 0.6) is 0 Å². The van der Waals surface area contributed by atoms with Gasteiger partial charge in [-0.15, -0.1) is 0 Å². The predicted molar refractivity (Wildman–Crippen MR) is 137 cm³/mol. The van der Waals surface area contributed by atoms with Gasteiger partial charge in [0.1, 0.15) is 23.9 Å². The topological polar surface area (TPSA) is 66.4 Å². The Kier molecular flexibility index (Phi) is 9.54. The molecule has 1 N–H and O–H groups in total. The zero-order valence-corrected chi connectivity index (χ0v) is 24.3. The molecule has 33 heavy (non-hydrogen) atoms. The molecule has 0 saturated carbocycles. The summed E-state index contributed by atoms with van der Waals surface area (Å²) in [5.74, 6) is 0. The van der Waals surface area contributed by atoms with Crippen molar-refractivity contribution in [2.75, 3.05) is 13.2 Å². The first-order valence-electron chi connectivity index (χ1n) is 12.1. The minimum absolute atomic E-state index is 0.0579. The summed E-state index contributed by atoms with van der Waals surface area (Å²) in [5, 5.41) is 11.8. The van der Waals surface area contributed by atoms with E-state index in [2.05, 4.69) is 53.5 Å². The molecule has 1 aliphatic heterocycles. The van der Waals surface area contributed by atoms with Gasteiger partial charge >= 0.3 is 0 Å². The highest BCUT2D eigenvalue weighted by Crippen LogP contribution is 2.40. The Morgan fingerprint density at radius 2 is 1.64 bits per heavy atom. The van der Waals surface area contributed by atoms with Gasteiger partial charge in [-0.2, -0.15) is 0 Å². The van der Waals surface area contributed by atoms with Gasteiger partial charge in [0.2, 0.25) is 0 Å². The molecule has 0 aliphatic carbocycles. The summed E-state index contributed by atoms with van der Waals surface area (Å²) in [6.07, 6.45) is -2.43. The highest BCUT2D eigenvalue weighted by atomic mass is 28.4. The molecule has 0 unspecified atom stereocenters. The molecule has 1 heterocycles. The lowest BCUT2D eigenvalue weighted by Crippen LogP contribution is -2.69. The highest BCUT2D eigenvalue weighted by molar-refractivity contribution is 6.74. The van der Waals surface area contributed by atoms with E-state index in [-0.39, 0.29) is 11.6 Å². The summed E-state index contributed by atoms with van der Waals surface area (Å²) in [4.78, 5) is 0. The molecule has 1 aromatic carbocycles. The van der Waals surface area contributed by atoms with Crippen molar-refractivity contribution in [3.63, 3.8) is 0 Å². The van der Waals surface area contributed by atoms with Crippen molar-refractivity contribution < 1.29 is 28.2 Å². The van der Waals surface area contributed by atoms with E-state index in [0.29, 0.717) is 13.2 Å². The van der Waals surface area contributed by atoms with Gasteiger partial charge in [0.25, 0.3) is 0 Å². The predicted octanol–water partition coefficient (Wildman–Crippen LogP) is 5.33. The number of rotatable bonds is 10. The van der Waals surface area contributed by atoms with Crippen LogP contribution >= 0.6 is 0 Å². The molecule has 5 atom stereocenters. The lowest BCUT2D eigenvalue weighted by molar-refractivity contribution is -0.332. The van der Waals surface area contributed by atoms with E-state index in [1.54, 1.807) is 6.92 Å². The lowest BCUT2D eigenvalue weighted by atomic mass is 9.86. The minimum Gasteiger partial charge on any atom is -0.414 e. The van der Waals surface area contributed by atoms with Crippen LogP contribution < -0.4 is 0 Å². The standard InChI is InChI=1S/C25H46O6Si2/c1-11-27-23-21(28-17-19-15-13-12-14-16-19)22(31-32(6,7)8)25(5,26)20(30-23)18-29-33(9,10)24(2,3)4/h12-16,20-23,26H,11,17-18H2,1-10H3/t20-,21-,22-,23+,25-/m1/s1. The van der Waals surface area contributed by atoms with Crippen LogP contribution in [0.4, 0.5) is 0 Å². The van der Waals surface area contributed by atoms with Crippen molar-refractivity contribution in [2.24, 2.45) is 0 Å². The summed E-state index contributed by atoms with van der Waals surface area (Å²) < 4.78 is 31.7. The third-order valence-electron chi connectivity index (χ3n) is 6.59. The summed E-state index contributed by atoms with van der Waals surface area (Å²) in [6.45, 7) is 22.2. The second-order valence-electron chi connectivity index (χ2n) is 11.7. The van der Waals surface area contributed by atoms with Gasteiger partial charge in [0, 0.05) is 6.61 Å². The van der Waals surface area contributed by atoms with Crippen LogP contribution in [0.2, 0.25) is 37.8 Å². The number of hydrogen-bond acceptors (Lipinski definition) is 6. The monoisotopic (exact) mass is 498 g/mol. The molecule has 2 rings (SSSR count). The van der Waals surface area contributed by atoms with E-state index < -0.39 is 46.8 Å². The third-order valence-corrected chi connectivity index (χ3v) is 12.1. The molecule has 8 heteroatoms. The normalized spacial score (nSPS) is 29.3. The van der Waals surface area contributed by atoms with Gasteiger partial charge in [-0.1, -0.05) is 51.1 Å². The maximum absolute atomic E-state index is 11.8. The van der Waals surface area contributed by atoms with E-state index in [1.165, 1.54) is 0 Å². The summed E-state index contributed by atoms with van der Waals surface area (Å²) >= 11 is 0. The number of benzene rings is 1. The maximum Gasteiger partial charge on any atom is 0.192 e. The first-order chi connectivity index (χ1) is 15.1. The SMILES string of the molecule is CCO[C@H]1O[C@H](CO[Si](C)(C)C(C)(C)C)[C@@](C)(O)[C@H](O[Si](C)(C)C)[C@H]1OCc1ccccc1. The Morgan fingerprint density at radius 3 is 2.15 bits per heavy atom. The number of hydrogen-bond donors (Lipinski definition) is 1. The molecular weight excluding hydrogens is 452 g/mol. The Hall–Kier alpha value is -0.586. The average molecular weight is 499 g/mol. The molecule has 1 aromatic rings. The number of aliphatic hydroxyl groups is 1. The molecule has 1 saturated heterocycles. The van der Waals surface area contributed by atoms with E-state index >= 15 is 0 Å². The molecule has 0 bridgehead atoms. The van der Waals surface area contributed by atoms with Crippen LogP contribution in [0.1, 0.15) is 40.2 Å². The van der Waals surface area contributed by atoms with Crippen LogP contribution in [-0.4, -0.2) is 65.2 Å². The fraction of sp³-hybridized carbons (Fsp3) is 0.760. The van der Waals surface area contributed by atoms with Gasteiger partial charge in [-0.25, -0.2) is 0 Å². The Bertz CT molecular complexity index is 727. The zero-order chi connectivity index (χ0) is 25.1. The molecule has 0 radical (unpaired) electrons. The van der Waals surface area contributed by atoms with Crippen molar-refractivity contribution in [3.8, 4) is 0 Å². The zero-order valence-electron chi connectivity index (χ0n) is 22.3. The van der Waals surface area contributed by atoms with Crippen molar-refractivity contribution in [1.82, 2.24) is 0 Å². The van der Waals surface area contributed by atoms with Crippen LogP contribution in [0.3, 0.4) is 0 Å². The van der Waals surface area contributed by atoms with Crippen LogP contribution in [-0.2, 0) is 29.7 Å². The van der Waals surface area contributed by atoms with E-state index in [9.17, 15) is 5.11 Å². The molecule has 6 nitrogen and oxygen atoms in total. The quantitative estimate of drug-likeness (QED) is 0.440. The van der Waals surface area contributed by atoms with E-state index in [0.717, 1.165) is 5.56 Å². The van der Waals surface area contributed by atoms with Gasteiger partial charge in [-0.05, 0) is 57.2 Å². The lowest BCUT2D eigenvalue weighted by Gasteiger charge is -2.52. The Morgan fingerprint density at radius 1 is 1.03 bits per heavy atom. The molecule has 0 aromatic heterocycles. The summed E-state index contributed by atoms with van der Waals surface area (Å²) in [6, 6.07) is 9.97. The summed E-state index contributed by atoms with van der Waals surface area (Å²) in [7, 11) is -4.07. The smallest absolute Gasteiger partial charge is 0.192 e. The average Bonchev–Trinajstić information content (AvgIpc) is 2.68. The minimum atomic E-state index is -2.04. The van der Waals surface area contributed by atoms with E-state index in [4.69, 9.17) is 23.1 Å². The van der Waals surface area contributed by atoms with Crippen molar-refractivity contribution in [2.45, 2.75) is 109 Å². The second kappa shape index (κ2) is 11.0. The van der Waals surface area contributed by atoms with Crippen molar-refractivity contribution >= 4 is 16.6 Å². The van der Waals surface area contributed by atoms with Crippen LogP contribution in [0.15, 0.2) is 30.3 Å².